The summed E-state index contributed by atoms with van der Waals surface area (Å²) >= 11 is 1.93. The molecule has 1 N–H and O–H groups in total. The van der Waals surface area contributed by atoms with E-state index in [0.717, 1.165) is 35.7 Å². The molecule has 0 spiro atoms. The van der Waals surface area contributed by atoms with E-state index in [1.54, 1.807) is 13.0 Å². The van der Waals surface area contributed by atoms with E-state index < -0.39 is 0 Å². The summed E-state index contributed by atoms with van der Waals surface area (Å²) in [6, 6.07) is 3.50. The summed E-state index contributed by atoms with van der Waals surface area (Å²) in [6.45, 7) is 6.73. The molecule has 0 aliphatic carbocycles. The summed E-state index contributed by atoms with van der Waals surface area (Å²) in [6.07, 6.45) is 1.11. The summed E-state index contributed by atoms with van der Waals surface area (Å²) in [5.74, 6) is 2.30. The van der Waals surface area contributed by atoms with Gasteiger partial charge in [0.05, 0.1) is 4.92 Å². The van der Waals surface area contributed by atoms with Gasteiger partial charge in [0.2, 0.25) is 0 Å². The van der Waals surface area contributed by atoms with Crippen LogP contribution in [0.1, 0.15) is 24.5 Å². The molecule has 0 amide bonds. The smallest absolute Gasteiger partial charge is 0.272 e. The highest BCUT2D eigenvalue weighted by molar-refractivity contribution is 7.99. The third-order valence-corrected chi connectivity index (χ3v) is 3.71. The van der Waals surface area contributed by atoms with Crippen molar-refractivity contribution in [3.05, 3.63) is 33.4 Å². The van der Waals surface area contributed by atoms with Gasteiger partial charge in [0.1, 0.15) is 0 Å². The zero-order valence-electron chi connectivity index (χ0n) is 11.2. The second-order valence-corrected chi connectivity index (χ2v) is 5.58. The maximum absolute atomic E-state index is 10.8. The monoisotopic (exact) mass is 268 g/mol. The molecule has 0 heterocycles. The topological polar surface area (TPSA) is 55.2 Å². The van der Waals surface area contributed by atoms with Crippen LogP contribution in [0.2, 0.25) is 0 Å². The summed E-state index contributed by atoms with van der Waals surface area (Å²) in [5, 5.41) is 14.1. The lowest BCUT2D eigenvalue weighted by atomic mass is 10.1. The fourth-order valence-corrected chi connectivity index (χ4v) is 2.37. The summed E-state index contributed by atoms with van der Waals surface area (Å²) < 4.78 is 0. The molecule has 1 aromatic rings. The summed E-state index contributed by atoms with van der Waals surface area (Å²) in [7, 11) is 0. The van der Waals surface area contributed by atoms with Crippen molar-refractivity contribution in [1.82, 2.24) is 0 Å². The van der Waals surface area contributed by atoms with Crippen LogP contribution in [0.15, 0.2) is 12.1 Å². The normalized spacial score (nSPS) is 10.4. The minimum Gasteiger partial charge on any atom is -0.385 e. The average molecular weight is 268 g/mol. The Balaban J connectivity index is 2.62. The van der Waals surface area contributed by atoms with Gasteiger partial charge in [0.25, 0.3) is 5.69 Å². The molecule has 0 saturated carbocycles. The van der Waals surface area contributed by atoms with Crippen molar-refractivity contribution < 1.29 is 4.92 Å². The van der Waals surface area contributed by atoms with Crippen molar-refractivity contribution in [2.45, 2.75) is 27.2 Å². The van der Waals surface area contributed by atoms with Gasteiger partial charge in [-0.05, 0) is 43.4 Å². The van der Waals surface area contributed by atoms with Crippen LogP contribution >= 0.6 is 11.8 Å². The van der Waals surface area contributed by atoms with Gasteiger partial charge in [-0.2, -0.15) is 11.8 Å². The number of thioether (sulfide) groups is 1. The Labute approximate surface area is 112 Å². The highest BCUT2D eigenvalue weighted by atomic mass is 32.2. The number of anilines is 1. The maximum atomic E-state index is 10.8. The van der Waals surface area contributed by atoms with Gasteiger partial charge in [-0.3, -0.25) is 10.1 Å². The van der Waals surface area contributed by atoms with E-state index in [1.807, 2.05) is 24.8 Å². The average Bonchev–Trinajstić information content (AvgIpc) is 2.32. The zero-order chi connectivity index (χ0) is 13.5. The molecular weight excluding hydrogens is 248 g/mol. The van der Waals surface area contributed by atoms with E-state index in [2.05, 4.69) is 12.2 Å². The molecule has 0 aliphatic heterocycles. The van der Waals surface area contributed by atoms with Crippen LogP contribution in [0.3, 0.4) is 0 Å². The molecule has 0 atom stereocenters. The third kappa shape index (κ3) is 4.22. The van der Waals surface area contributed by atoms with Crippen LogP contribution in [-0.4, -0.2) is 23.0 Å². The van der Waals surface area contributed by atoms with Gasteiger partial charge >= 0.3 is 0 Å². The first-order chi connectivity index (χ1) is 8.56. The van der Waals surface area contributed by atoms with Crippen LogP contribution in [-0.2, 0) is 0 Å². The molecule has 1 aromatic carbocycles. The number of rotatable bonds is 7. The lowest BCUT2D eigenvalue weighted by molar-refractivity contribution is -0.385. The van der Waals surface area contributed by atoms with Gasteiger partial charge in [0, 0.05) is 23.9 Å². The molecule has 0 aliphatic rings. The minimum absolute atomic E-state index is 0.194. The number of benzene rings is 1. The lowest BCUT2D eigenvalue weighted by Gasteiger charge is -2.10. The predicted octanol–water partition coefficient (Wildman–Crippen LogP) is 3.77. The van der Waals surface area contributed by atoms with Gasteiger partial charge < -0.3 is 5.32 Å². The van der Waals surface area contributed by atoms with Crippen LogP contribution < -0.4 is 5.32 Å². The quantitative estimate of drug-likeness (QED) is 0.464. The van der Waals surface area contributed by atoms with Crippen molar-refractivity contribution in [2.75, 3.05) is 23.4 Å². The first-order valence-corrected chi connectivity index (χ1v) is 7.29. The number of hydrogen-bond acceptors (Lipinski definition) is 4. The molecule has 100 valence electrons. The van der Waals surface area contributed by atoms with Gasteiger partial charge in [0.15, 0.2) is 0 Å². The van der Waals surface area contributed by atoms with Crippen molar-refractivity contribution in [1.29, 1.82) is 0 Å². The number of nitrogens with zero attached hydrogens (tertiary/aromatic N) is 1. The molecular formula is C13H20N2O2S. The molecule has 0 bridgehead atoms. The number of aryl methyl sites for hydroxylation is 2. The standard InChI is InChI=1S/C13H20N2O2S/c1-4-18-7-5-6-14-12-8-11(3)13(15(16)17)9-10(12)2/h8-9,14H,4-7H2,1-3H3. The highest BCUT2D eigenvalue weighted by Crippen LogP contribution is 2.25. The van der Waals surface area contributed by atoms with Crippen LogP contribution in [0.4, 0.5) is 11.4 Å². The fraction of sp³-hybridized carbons (Fsp3) is 0.538. The number of hydrogen-bond donors (Lipinski definition) is 1. The third-order valence-electron chi connectivity index (χ3n) is 2.72. The van der Waals surface area contributed by atoms with E-state index in [4.69, 9.17) is 0 Å². The van der Waals surface area contributed by atoms with Crippen molar-refractivity contribution >= 4 is 23.1 Å². The Morgan fingerprint density at radius 1 is 1.33 bits per heavy atom. The van der Waals surface area contributed by atoms with Gasteiger partial charge in [-0.1, -0.05) is 6.92 Å². The molecule has 18 heavy (non-hydrogen) atoms. The van der Waals surface area contributed by atoms with E-state index in [0.29, 0.717) is 5.56 Å². The van der Waals surface area contributed by atoms with Gasteiger partial charge in [-0.25, -0.2) is 0 Å². The molecule has 0 unspecified atom stereocenters. The molecule has 0 saturated heterocycles. The predicted molar refractivity (Wildman–Crippen MR) is 78.7 cm³/mol. The van der Waals surface area contributed by atoms with Crippen molar-refractivity contribution in [3.63, 3.8) is 0 Å². The molecule has 0 radical (unpaired) electrons. The fourth-order valence-electron chi connectivity index (χ4n) is 1.73. The van der Waals surface area contributed by atoms with E-state index in [9.17, 15) is 10.1 Å². The highest BCUT2D eigenvalue weighted by Gasteiger charge is 2.12. The Morgan fingerprint density at radius 2 is 2.06 bits per heavy atom. The number of nitrogens with one attached hydrogen (secondary N) is 1. The molecule has 0 aromatic heterocycles. The van der Waals surface area contributed by atoms with E-state index in [-0.39, 0.29) is 10.6 Å². The molecule has 0 fully saturated rings. The summed E-state index contributed by atoms with van der Waals surface area (Å²) in [5.41, 5.74) is 2.82. The summed E-state index contributed by atoms with van der Waals surface area (Å²) in [4.78, 5) is 10.5. The van der Waals surface area contributed by atoms with Crippen LogP contribution in [0, 0.1) is 24.0 Å². The maximum Gasteiger partial charge on any atom is 0.272 e. The Bertz CT molecular complexity index is 422. The second kappa shape index (κ2) is 7.26. The van der Waals surface area contributed by atoms with Crippen molar-refractivity contribution in [3.8, 4) is 0 Å². The minimum atomic E-state index is -0.329. The van der Waals surface area contributed by atoms with Crippen LogP contribution in [0.25, 0.3) is 0 Å². The zero-order valence-corrected chi connectivity index (χ0v) is 12.0. The molecule has 5 heteroatoms. The van der Waals surface area contributed by atoms with Gasteiger partial charge in [-0.15, -0.1) is 0 Å². The second-order valence-electron chi connectivity index (χ2n) is 4.19. The van der Waals surface area contributed by atoms with E-state index >= 15 is 0 Å². The molecule has 4 nitrogen and oxygen atoms in total. The van der Waals surface area contributed by atoms with Crippen molar-refractivity contribution in [2.24, 2.45) is 0 Å². The Kier molecular flexibility index (Phi) is 5.98. The molecule has 1 rings (SSSR count). The largest absolute Gasteiger partial charge is 0.385 e. The first kappa shape index (κ1) is 14.8. The number of nitro benzene ring substituents is 1. The SMILES string of the molecule is CCSCCCNc1cc(C)c([N+](=O)[O-])cc1C. The number of nitro groups is 1. The van der Waals surface area contributed by atoms with Crippen LogP contribution in [0.5, 0.6) is 0 Å². The Morgan fingerprint density at radius 3 is 2.67 bits per heavy atom. The van der Waals surface area contributed by atoms with E-state index in [1.165, 1.54) is 0 Å². The Hall–Kier alpha value is -1.23. The lowest BCUT2D eigenvalue weighted by Crippen LogP contribution is -2.05. The first-order valence-electron chi connectivity index (χ1n) is 6.13.